The SMILES string of the molecule is C#Cc1[nH]nc(NC)c1C(N)=O.C=CC(=O)N1CCC/C1=C\OC.CC. The molecule has 26 heavy (non-hydrogen) atoms. The first-order chi connectivity index (χ1) is 12.5. The number of carbonyl (C=O) groups excluding carboxylic acids is 2. The summed E-state index contributed by atoms with van der Waals surface area (Å²) in [6, 6.07) is 0. The Hall–Kier alpha value is -3.21. The molecule has 142 valence electrons. The Morgan fingerprint density at radius 2 is 2.15 bits per heavy atom. The lowest BCUT2D eigenvalue weighted by Gasteiger charge is -2.14. The van der Waals surface area contributed by atoms with Gasteiger partial charge in [-0.1, -0.05) is 20.4 Å². The smallest absolute Gasteiger partial charge is 0.255 e. The molecule has 1 fully saturated rings. The minimum Gasteiger partial charge on any atom is -0.503 e. The van der Waals surface area contributed by atoms with Gasteiger partial charge in [0, 0.05) is 13.6 Å². The molecule has 0 atom stereocenters. The number of nitrogens with one attached hydrogen (secondary N) is 2. The second kappa shape index (κ2) is 12.2. The van der Waals surface area contributed by atoms with Gasteiger partial charge in [-0.25, -0.2) is 0 Å². The van der Waals surface area contributed by atoms with E-state index < -0.39 is 5.91 Å². The number of nitrogens with zero attached hydrogens (tertiary/aromatic N) is 2. The molecule has 0 bridgehead atoms. The van der Waals surface area contributed by atoms with E-state index >= 15 is 0 Å². The van der Waals surface area contributed by atoms with E-state index in [1.807, 2.05) is 13.8 Å². The Bertz CT molecular complexity index is 685. The van der Waals surface area contributed by atoms with Crippen molar-refractivity contribution in [3.63, 3.8) is 0 Å². The van der Waals surface area contributed by atoms with Gasteiger partial charge in [-0.3, -0.25) is 14.7 Å². The number of H-pyrrole nitrogens is 1. The summed E-state index contributed by atoms with van der Waals surface area (Å²) >= 11 is 0. The number of likely N-dealkylation sites (tertiary alicyclic amines) is 1. The molecule has 0 saturated carbocycles. The summed E-state index contributed by atoms with van der Waals surface area (Å²) in [5, 5.41) is 8.95. The van der Waals surface area contributed by atoms with Crippen LogP contribution in [0, 0.1) is 12.3 Å². The number of primary amides is 1. The molecule has 1 aromatic rings. The number of aromatic nitrogens is 2. The standard InChI is InChI=1S/C9H13NO2.C7H8N4O.C2H6/c1-3-9(11)10-6-4-5-8(10)7-12-2;1-3-4-5(6(8)12)7(9-2)11-10-4;1-2/h3,7H,1,4-6H2,2H3;1H,2H3,(H2,8,12)(H2,9,10,11);1-2H3/b8-7+;;. The second-order valence-corrected chi connectivity index (χ2v) is 4.72. The van der Waals surface area contributed by atoms with Gasteiger partial charge in [0.05, 0.1) is 12.8 Å². The van der Waals surface area contributed by atoms with Crippen LogP contribution < -0.4 is 11.1 Å². The van der Waals surface area contributed by atoms with Crippen LogP contribution >= 0.6 is 0 Å². The summed E-state index contributed by atoms with van der Waals surface area (Å²) in [6.07, 6.45) is 9.97. The fraction of sp³-hybridized carbons (Fsp3) is 0.389. The van der Waals surface area contributed by atoms with Gasteiger partial charge in [0.1, 0.15) is 17.5 Å². The highest BCUT2D eigenvalue weighted by Gasteiger charge is 2.21. The third kappa shape index (κ3) is 6.02. The lowest BCUT2D eigenvalue weighted by Crippen LogP contribution is -2.24. The summed E-state index contributed by atoms with van der Waals surface area (Å²) < 4.78 is 4.86. The van der Waals surface area contributed by atoms with Crippen LogP contribution in [0.3, 0.4) is 0 Å². The molecule has 0 radical (unpaired) electrons. The van der Waals surface area contributed by atoms with Gasteiger partial charge in [-0.05, 0) is 24.8 Å². The molecular weight excluding hydrogens is 334 g/mol. The Kier molecular flexibility index (Phi) is 10.7. The number of rotatable bonds is 4. The third-order valence-corrected chi connectivity index (χ3v) is 3.25. The van der Waals surface area contributed by atoms with E-state index in [1.165, 1.54) is 6.08 Å². The van der Waals surface area contributed by atoms with Crippen LogP contribution in [0.2, 0.25) is 0 Å². The Labute approximate surface area is 154 Å². The molecule has 1 aliphatic heterocycles. The molecule has 0 unspecified atom stereocenters. The monoisotopic (exact) mass is 361 g/mol. The van der Waals surface area contributed by atoms with E-state index in [9.17, 15) is 9.59 Å². The van der Waals surface area contributed by atoms with E-state index in [-0.39, 0.29) is 11.5 Å². The van der Waals surface area contributed by atoms with Gasteiger partial charge >= 0.3 is 0 Å². The van der Waals surface area contributed by atoms with Crippen molar-refractivity contribution >= 4 is 17.6 Å². The van der Waals surface area contributed by atoms with Crippen molar-refractivity contribution < 1.29 is 14.3 Å². The van der Waals surface area contributed by atoms with Crippen molar-refractivity contribution in [2.75, 3.05) is 26.0 Å². The first-order valence-corrected chi connectivity index (χ1v) is 8.18. The molecule has 1 saturated heterocycles. The van der Waals surface area contributed by atoms with Crippen molar-refractivity contribution in [2.24, 2.45) is 5.73 Å². The van der Waals surface area contributed by atoms with Crippen LogP contribution in [0.15, 0.2) is 24.6 Å². The molecule has 1 aromatic heterocycles. The summed E-state index contributed by atoms with van der Waals surface area (Å²) in [7, 11) is 3.21. The van der Waals surface area contributed by atoms with Crippen LogP contribution in [-0.4, -0.2) is 47.6 Å². The lowest BCUT2D eigenvalue weighted by molar-refractivity contribution is -0.123. The number of anilines is 1. The molecular formula is C18H27N5O3. The highest BCUT2D eigenvalue weighted by molar-refractivity contribution is 5.99. The second-order valence-electron chi connectivity index (χ2n) is 4.72. The Morgan fingerprint density at radius 1 is 1.50 bits per heavy atom. The minimum absolute atomic E-state index is 0.0456. The number of hydrogen-bond acceptors (Lipinski definition) is 5. The Morgan fingerprint density at radius 3 is 2.62 bits per heavy atom. The van der Waals surface area contributed by atoms with Crippen LogP contribution in [-0.2, 0) is 9.53 Å². The van der Waals surface area contributed by atoms with Gasteiger partial charge in [0.25, 0.3) is 5.91 Å². The largest absolute Gasteiger partial charge is 0.503 e. The van der Waals surface area contributed by atoms with Gasteiger partial charge in [0.15, 0.2) is 5.82 Å². The quantitative estimate of drug-likeness (QED) is 0.430. The van der Waals surface area contributed by atoms with Gasteiger partial charge in [0.2, 0.25) is 5.91 Å². The fourth-order valence-corrected chi connectivity index (χ4v) is 2.18. The summed E-state index contributed by atoms with van der Waals surface area (Å²) in [5.41, 5.74) is 6.54. The molecule has 2 amide bonds. The van der Waals surface area contributed by atoms with Crippen molar-refractivity contribution in [3.8, 4) is 12.3 Å². The van der Waals surface area contributed by atoms with E-state index in [2.05, 4.69) is 28.0 Å². The third-order valence-electron chi connectivity index (χ3n) is 3.25. The number of ether oxygens (including phenoxy) is 1. The maximum atomic E-state index is 11.2. The predicted molar refractivity (Wildman–Crippen MR) is 102 cm³/mol. The maximum Gasteiger partial charge on any atom is 0.255 e. The zero-order valence-corrected chi connectivity index (χ0v) is 15.8. The summed E-state index contributed by atoms with van der Waals surface area (Å²) in [4.78, 5) is 23.7. The predicted octanol–water partition coefficient (Wildman–Crippen LogP) is 1.84. The zero-order chi connectivity index (χ0) is 20.1. The van der Waals surface area contributed by atoms with Crippen LogP contribution in [0.1, 0.15) is 42.7 Å². The first-order valence-electron chi connectivity index (χ1n) is 8.18. The number of hydrogen-bond donors (Lipinski definition) is 3. The molecule has 2 rings (SSSR count). The number of nitrogens with two attached hydrogens (primary N) is 1. The number of allylic oxidation sites excluding steroid dienone is 1. The van der Waals surface area contributed by atoms with Gasteiger partial charge < -0.3 is 20.7 Å². The molecule has 8 nitrogen and oxygen atoms in total. The molecule has 0 aromatic carbocycles. The van der Waals surface area contributed by atoms with E-state index in [1.54, 1.807) is 25.3 Å². The number of amides is 2. The summed E-state index contributed by atoms with van der Waals surface area (Å²) in [6.45, 7) is 8.22. The number of terminal acetylenes is 1. The maximum absolute atomic E-state index is 11.2. The van der Waals surface area contributed by atoms with Crippen LogP contribution in [0.25, 0.3) is 0 Å². The molecule has 0 spiro atoms. The van der Waals surface area contributed by atoms with Gasteiger partial charge in [-0.2, -0.15) is 5.10 Å². The molecule has 8 heteroatoms. The molecule has 0 aliphatic carbocycles. The minimum atomic E-state index is -0.596. The molecule has 2 heterocycles. The average molecular weight is 361 g/mol. The van der Waals surface area contributed by atoms with Crippen LogP contribution in [0.4, 0.5) is 5.82 Å². The first kappa shape index (κ1) is 22.8. The number of methoxy groups -OCH3 is 1. The van der Waals surface area contributed by atoms with Crippen molar-refractivity contribution in [3.05, 3.63) is 35.9 Å². The topological polar surface area (TPSA) is 113 Å². The number of carbonyl (C=O) groups is 2. The zero-order valence-electron chi connectivity index (χ0n) is 15.8. The van der Waals surface area contributed by atoms with Crippen molar-refractivity contribution in [1.82, 2.24) is 15.1 Å². The Balaban J connectivity index is 0.000000439. The molecule has 4 N–H and O–H groups in total. The van der Waals surface area contributed by atoms with Crippen molar-refractivity contribution in [2.45, 2.75) is 26.7 Å². The lowest BCUT2D eigenvalue weighted by atomic mass is 10.2. The van der Waals surface area contributed by atoms with E-state index in [0.29, 0.717) is 11.5 Å². The highest BCUT2D eigenvalue weighted by atomic mass is 16.5. The summed E-state index contributed by atoms with van der Waals surface area (Å²) in [5.74, 6) is 2.00. The van der Waals surface area contributed by atoms with Gasteiger partial charge in [-0.15, -0.1) is 6.42 Å². The number of aromatic amines is 1. The fourth-order valence-electron chi connectivity index (χ4n) is 2.18. The van der Waals surface area contributed by atoms with E-state index in [0.717, 1.165) is 25.1 Å². The normalized spacial score (nSPS) is 13.5. The van der Waals surface area contributed by atoms with E-state index in [4.69, 9.17) is 16.9 Å². The highest BCUT2D eigenvalue weighted by Crippen LogP contribution is 2.20. The molecule has 1 aliphatic rings. The van der Waals surface area contributed by atoms with Crippen molar-refractivity contribution in [1.29, 1.82) is 0 Å². The van der Waals surface area contributed by atoms with Crippen LogP contribution in [0.5, 0.6) is 0 Å². The average Bonchev–Trinajstić information content (AvgIpc) is 3.29.